The first-order valence-electron chi connectivity index (χ1n) is 7.24. The van der Waals surface area contributed by atoms with Gasteiger partial charge in [-0.05, 0) is 25.5 Å². The van der Waals surface area contributed by atoms with Crippen LogP contribution in [0.2, 0.25) is 0 Å². The highest BCUT2D eigenvalue weighted by molar-refractivity contribution is 7.14. The number of carbonyl (C=O) groups excluding carboxylic acids is 2. The molecule has 3 rings (SSSR count). The smallest absolute Gasteiger partial charge is 0.235 e. The molecular formula is C16H15Cl2N3O2S. The van der Waals surface area contributed by atoms with Crippen LogP contribution in [0.5, 0.6) is 0 Å². The van der Waals surface area contributed by atoms with E-state index in [-0.39, 0.29) is 11.8 Å². The molecule has 0 spiro atoms. The van der Waals surface area contributed by atoms with Gasteiger partial charge in [0.1, 0.15) is 4.33 Å². The van der Waals surface area contributed by atoms with Gasteiger partial charge in [-0.1, -0.05) is 12.1 Å². The van der Waals surface area contributed by atoms with E-state index in [4.69, 9.17) is 23.2 Å². The van der Waals surface area contributed by atoms with Crippen molar-refractivity contribution >= 4 is 57.2 Å². The molecule has 2 N–H and O–H groups in total. The third-order valence-corrected chi connectivity index (χ3v) is 5.84. The van der Waals surface area contributed by atoms with Crippen molar-refractivity contribution in [2.24, 2.45) is 5.41 Å². The molecule has 8 heteroatoms. The van der Waals surface area contributed by atoms with Crippen molar-refractivity contribution in [2.75, 3.05) is 10.6 Å². The zero-order chi connectivity index (χ0) is 17.5. The maximum atomic E-state index is 12.3. The fourth-order valence-corrected chi connectivity index (χ4v) is 3.69. The first-order chi connectivity index (χ1) is 11.2. The molecule has 0 radical (unpaired) electrons. The average Bonchev–Trinajstić information content (AvgIpc) is 2.85. The SMILES string of the molecule is CC(=O)Nc1ccc(-c2csc(NC(=O)C3(C)CC3(Cl)Cl)n2)cc1. The third-order valence-electron chi connectivity index (χ3n) is 3.98. The van der Waals surface area contributed by atoms with Gasteiger partial charge in [0, 0.05) is 23.6 Å². The second-order valence-electron chi connectivity index (χ2n) is 5.96. The van der Waals surface area contributed by atoms with E-state index in [1.54, 1.807) is 19.1 Å². The summed E-state index contributed by atoms with van der Waals surface area (Å²) in [5.41, 5.74) is 1.58. The molecule has 2 aromatic rings. The Hall–Kier alpha value is -1.63. The van der Waals surface area contributed by atoms with Crippen LogP contribution in [0.15, 0.2) is 29.6 Å². The molecular weight excluding hydrogens is 369 g/mol. The fraction of sp³-hybridized carbons (Fsp3) is 0.312. The van der Waals surface area contributed by atoms with Gasteiger partial charge in [-0.3, -0.25) is 9.59 Å². The summed E-state index contributed by atoms with van der Waals surface area (Å²) in [5.74, 6) is -0.348. The van der Waals surface area contributed by atoms with Crippen LogP contribution in [0.3, 0.4) is 0 Å². The van der Waals surface area contributed by atoms with Gasteiger partial charge in [0.25, 0.3) is 0 Å². The zero-order valence-electron chi connectivity index (χ0n) is 13.0. The first kappa shape index (κ1) is 17.2. The number of thiazole rings is 1. The maximum Gasteiger partial charge on any atom is 0.235 e. The van der Waals surface area contributed by atoms with Crippen molar-refractivity contribution in [3.8, 4) is 11.3 Å². The van der Waals surface area contributed by atoms with Gasteiger partial charge < -0.3 is 10.6 Å². The lowest BCUT2D eigenvalue weighted by atomic mass is 10.1. The third kappa shape index (κ3) is 3.27. The summed E-state index contributed by atoms with van der Waals surface area (Å²) in [7, 11) is 0. The molecule has 1 aliphatic carbocycles. The Morgan fingerprint density at radius 2 is 1.83 bits per heavy atom. The summed E-state index contributed by atoms with van der Waals surface area (Å²) >= 11 is 13.4. The van der Waals surface area contributed by atoms with Crippen LogP contribution in [-0.2, 0) is 9.59 Å². The minimum Gasteiger partial charge on any atom is -0.326 e. The number of rotatable bonds is 4. The minimum atomic E-state index is -1.00. The Morgan fingerprint density at radius 3 is 2.38 bits per heavy atom. The Bertz CT molecular complexity index is 804. The molecule has 1 fully saturated rings. The maximum absolute atomic E-state index is 12.3. The molecule has 1 heterocycles. The van der Waals surface area contributed by atoms with Crippen LogP contribution >= 0.6 is 34.5 Å². The molecule has 126 valence electrons. The van der Waals surface area contributed by atoms with E-state index in [1.165, 1.54) is 18.3 Å². The predicted octanol–water partition coefficient (Wildman–Crippen LogP) is 4.29. The summed E-state index contributed by atoms with van der Waals surface area (Å²) in [4.78, 5) is 27.7. The Morgan fingerprint density at radius 1 is 1.21 bits per heavy atom. The number of anilines is 2. The highest BCUT2D eigenvalue weighted by Gasteiger charge is 2.68. The number of hydrogen-bond acceptors (Lipinski definition) is 4. The van der Waals surface area contributed by atoms with Gasteiger partial charge in [-0.25, -0.2) is 4.98 Å². The van der Waals surface area contributed by atoms with Gasteiger partial charge in [0.2, 0.25) is 11.8 Å². The molecule has 1 unspecified atom stereocenters. The van der Waals surface area contributed by atoms with Crippen molar-refractivity contribution in [2.45, 2.75) is 24.6 Å². The number of hydrogen-bond donors (Lipinski definition) is 2. The Kier molecular flexibility index (Phi) is 4.32. The van der Waals surface area contributed by atoms with Gasteiger partial charge in [0.05, 0.1) is 11.1 Å². The summed E-state index contributed by atoms with van der Waals surface area (Å²) in [6, 6.07) is 7.32. The van der Waals surface area contributed by atoms with Gasteiger partial charge in [-0.15, -0.1) is 34.5 Å². The standard InChI is InChI=1S/C16H15Cl2N3O2S/c1-9(22)19-11-5-3-10(4-6-11)12-7-24-14(20-12)21-13(23)15(2)8-16(15,17)18/h3-7H,8H2,1-2H3,(H,19,22)(H,20,21,23). The fourth-order valence-electron chi connectivity index (χ4n) is 2.27. The van der Waals surface area contributed by atoms with Crippen LogP contribution in [-0.4, -0.2) is 21.1 Å². The highest BCUT2D eigenvalue weighted by atomic mass is 35.5. The van der Waals surface area contributed by atoms with E-state index >= 15 is 0 Å². The summed E-state index contributed by atoms with van der Waals surface area (Å²) in [6.07, 6.45) is 0.428. The monoisotopic (exact) mass is 383 g/mol. The van der Waals surface area contributed by atoms with Gasteiger partial charge >= 0.3 is 0 Å². The molecule has 0 bridgehead atoms. The number of amides is 2. The number of halogens is 2. The van der Waals surface area contributed by atoms with Crippen LogP contribution in [0.4, 0.5) is 10.8 Å². The molecule has 1 aromatic carbocycles. The van der Waals surface area contributed by atoms with E-state index in [0.29, 0.717) is 11.6 Å². The normalized spacial score (nSPS) is 21.2. The summed E-state index contributed by atoms with van der Waals surface area (Å²) in [5, 5.41) is 7.83. The molecule has 0 saturated heterocycles. The van der Waals surface area contributed by atoms with Crippen molar-refractivity contribution in [3.05, 3.63) is 29.6 Å². The van der Waals surface area contributed by atoms with E-state index in [9.17, 15) is 9.59 Å². The lowest BCUT2D eigenvalue weighted by molar-refractivity contribution is -0.120. The molecule has 1 aliphatic rings. The lowest BCUT2D eigenvalue weighted by Gasteiger charge is -2.10. The van der Waals surface area contributed by atoms with Gasteiger partial charge in [-0.2, -0.15) is 0 Å². The van der Waals surface area contributed by atoms with E-state index in [0.717, 1.165) is 16.9 Å². The van der Waals surface area contributed by atoms with E-state index in [1.807, 2.05) is 17.5 Å². The number of carbonyl (C=O) groups is 2. The second kappa shape index (κ2) is 6.02. The topological polar surface area (TPSA) is 71.1 Å². The van der Waals surface area contributed by atoms with Crippen LogP contribution < -0.4 is 10.6 Å². The van der Waals surface area contributed by atoms with Gasteiger partial charge in [0.15, 0.2) is 5.13 Å². The Labute approximate surface area is 153 Å². The van der Waals surface area contributed by atoms with E-state index in [2.05, 4.69) is 15.6 Å². The first-order valence-corrected chi connectivity index (χ1v) is 8.88. The molecule has 1 aromatic heterocycles. The minimum absolute atomic E-state index is 0.121. The predicted molar refractivity (Wildman–Crippen MR) is 97.6 cm³/mol. The average molecular weight is 384 g/mol. The van der Waals surface area contributed by atoms with Crippen molar-refractivity contribution < 1.29 is 9.59 Å². The lowest BCUT2D eigenvalue weighted by Crippen LogP contribution is -2.25. The molecule has 1 saturated carbocycles. The van der Waals surface area contributed by atoms with E-state index < -0.39 is 9.75 Å². The molecule has 5 nitrogen and oxygen atoms in total. The second-order valence-corrected chi connectivity index (χ2v) is 8.31. The number of nitrogens with zero attached hydrogens (tertiary/aromatic N) is 1. The van der Waals surface area contributed by atoms with Crippen molar-refractivity contribution in [1.82, 2.24) is 4.98 Å². The summed E-state index contributed by atoms with van der Waals surface area (Å²) < 4.78 is -1.00. The summed E-state index contributed by atoms with van der Waals surface area (Å²) in [6.45, 7) is 3.19. The van der Waals surface area contributed by atoms with Crippen LogP contribution in [0, 0.1) is 5.41 Å². The number of aromatic nitrogens is 1. The van der Waals surface area contributed by atoms with Crippen LogP contribution in [0.1, 0.15) is 20.3 Å². The van der Waals surface area contributed by atoms with Crippen molar-refractivity contribution in [1.29, 1.82) is 0 Å². The molecule has 24 heavy (non-hydrogen) atoms. The molecule has 2 amide bonds. The number of alkyl halides is 2. The number of benzene rings is 1. The van der Waals surface area contributed by atoms with Crippen molar-refractivity contribution in [3.63, 3.8) is 0 Å². The molecule has 1 atom stereocenters. The zero-order valence-corrected chi connectivity index (χ0v) is 15.4. The van der Waals surface area contributed by atoms with Crippen LogP contribution in [0.25, 0.3) is 11.3 Å². The molecule has 0 aliphatic heterocycles. The quantitative estimate of drug-likeness (QED) is 0.773. The largest absolute Gasteiger partial charge is 0.326 e. The highest BCUT2D eigenvalue weighted by Crippen LogP contribution is 2.64. The Balaban J connectivity index is 1.69. The number of nitrogens with one attached hydrogen (secondary N) is 2.